The van der Waals surface area contributed by atoms with E-state index in [0.29, 0.717) is 39.1 Å². The molecule has 1 aliphatic rings. The van der Waals surface area contributed by atoms with E-state index in [1.807, 2.05) is 30.3 Å². The highest BCUT2D eigenvalue weighted by atomic mass is 19.4. The van der Waals surface area contributed by atoms with Crippen LogP contribution in [-0.4, -0.2) is 37.4 Å². The molecule has 1 heterocycles. The van der Waals surface area contributed by atoms with Gasteiger partial charge in [0.2, 0.25) is 0 Å². The summed E-state index contributed by atoms with van der Waals surface area (Å²) in [5.74, 6) is 0. The number of morpholine rings is 1. The predicted molar refractivity (Wildman–Crippen MR) is 71.3 cm³/mol. The van der Waals surface area contributed by atoms with Crippen LogP contribution >= 0.6 is 0 Å². The van der Waals surface area contributed by atoms with Gasteiger partial charge in [0.15, 0.2) is 0 Å². The molecule has 0 amide bonds. The number of benzene rings is 1. The molecule has 2 rings (SSSR count). The Morgan fingerprint density at radius 3 is 2.40 bits per heavy atom. The Morgan fingerprint density at radius 2 is 1.80 bits per heavy atom. The molecule has 0 radical (unpaired) electrons. The molecule has 0 aliphatic carbocycles. The minimum Gasteiger partial charge on any atom is -0.378 e. The highest BCUT2D eigenvalue weighted by molar-refractivity contribution is 5.16. The topological polar surface area (TPSA) is 12.5 Å². The van der Waals surface area contributed by atoms with Crippen molar-refractivity contribution in [3.63, 3.8) is 0 Å². The number of allylic oxidation sites excluding steroid dienone is 2. The minimum absolute atomic E-state index is 0.302. The summed E-state index contributed by atoms with van der Waals surface area (Å²) in [5, 5.41) is 0. The first-order chi connectivity index (χ1) is 9.57. The van der Waals surface area contributed by atoms with Gasteiger partial charge in [-0.15, -0.1) is 0 Å². The average molecular weight is 285 g/mol. The van der Waals surface area contributed by atoms with E-state index in [1.165, 1.54) is 11.0 Å². The maximum atomic E-state index is 13.1. The van der Waals surface area contributed by atoms with Crippen LogP contribution in [0.4, 0.5) is 13.2 Å². The molecule has 1 aromatic rings. The molecule has 5 heteroatoms. The van der Waals surface area contributed by atoms with Crippen molar-refractivity contribution in [1.29, 1.82) is 0 Å². The van der Waals surface area contributed by atoms with E-state index in [1.54, 1.807) is 0 Å². The smallest absolute Gasteiger partial charge is 0.378 e. The van der Waals surface area contributed by atoms with Crippen LogP contribution < -0.4 is 0 Å². The third-order valence-corrected chi connectivity index (χ3v) is 3.26. The largest absolute Gasteiger partial charge is 0.430 e. The van der Waals surface area contributed by atoms with Gasteiger partial charge in [0, 0.05) is 13.1 Å². The Hall–Kier alpha value is -1.49. The van der Waals surface area contributed by atoms with Crippen molar-refractivity contribution in [3.05, 3.63) is 47.7 Å². The monoisotopic (exact) mass is 285 g/mol. The zero-order valence-electron chi connectivity index (χ0n) is 11.2. The molecular weight excluding hydrogens is 267 g/mol. The summed E-state index contributed by atoms with van der Waals surface area (Å²) in [6.07, 6.45) is -1.99. The zero-order valence-corrected chi connectivity index (χ0v) is 11.2. The number of hydrogen-bond acceptors (Lipinski definition) is 2. The van der Waals surface area contributed by atoms with Gasteiger partial charge >= 0.3 is 6.18 Å². The average Bonchev–Trinajstić information content (AvgIpc) is 2.44. The molecular formula is C15H18F3NO. The highest BCUT2D eigenvalue weighted by Crippen LogP contribution is 2.29. The normalized spacial score (nSPS) is 17.4. The summed E-state index contributed by atoms with van der Waals surface area (Å²) in [6.45, 7) is 1.31. The second-order valence-electron chi connectivity index (χ2n) is 4.71. The van der Waals surface area contributed by atoms with Crippen LogP contribution in [-0.2, 0) is 11.2 Å². The van der Waals surface area contributed by atoms with Crippen molar-refractivity contribution < 1.29 is 17.9 Å². The molecule has 20 heavy (non-hydrogen) atoms. The number of halogens is 3. The quantitative estimate of drug-likeness (QED) is 0.840. The van der Waals surface area contributed by atoms with Crippen molar-refractivity contribution in [2.45, 2.75) is 19.0 Å². The van der Waals surface area contributed by atoms with Crippen LogP contribution in [0.1, 0.15) is 12.0 Å². The molecule has 1 saturated heterocycles. The molecule has 1 aliphatic heterocycles. The predicted octanol–water partition coefficient (Wildman–Crippen LogP) is 3.40. The molecule has 0 spiro atoms. The van der Waals surface area contributed by atoms with Gasteiger partial charge in [0.05, 0.1) is 13.2 Å². The summed E-state index contributed by atoms with van der Waals surface area (Å²) in [5.41, 5.74) is 0.518. The Labute approximate surface area is 116 Å². The molecule has 0 bridgehead atoms. The Balaban J connectivity index is 2.01. The first-order valence-corrected chi connectivity index (χ1v) is 6.71. The third kappa shape index (κ3) is 4.27. The van der Waals surface area contributed by atoms with Gasteiger partial charge in [0.25, 0.3) is 0 Å². The molecule has 0 N–H and O–H groups in total. The lowest BCUT2D eigenvalue weighted by Crippen LogP contribution is -2.40. The number of aryl methyl sites for hydroxylation is 1. The van der Waals surface area contributed by atoms with Crippen molar-refractivity contribution in [2.75, 3.05) is 26.3 Å². The molecule has 0 atom stereocenters. The first-order valence-electron chi connectivity index (χ1n) is 6.71. The Morgan fingerprint density at radius 1 is 1.15 bits per heavy atom. The highest BCUT2D eigenvalue weighted by Gasteiger charge is 2.37. The molecule has 110 valence electrons. The lowest BCUT2D eigenvalue weighted by atomic mass is 10.1. The van der Waals surface area contributed by atoms with E-state index in [2.05, 4.69) is 0 Å². The van der Waals surface area contributed by atoms with E-state index < -0.39 is 11.9 Å². The second-order valence-corrected chi connectivity index (χ2v) is 4.71. The van der Waals surface area contributed by atoms with E-state index >= 15 is 0 Å². The first kappa shape index (κ1) is 14.9. The fourth-order valence-electron chi connectivity index (χ4n) is 2.25. The number of ether oxygens (including phenoxy) is 1. The summed E-state index contributed by atoms with van der Waals surface area (Å²) in [4.78, 5) is 1.37. The third-order valence-electron chi connectivity index (χ3n) is 3.26. The van der Waals surface area contributed by atoms with Crippen LogP contribution in [0.15, 0.2) is 42.1 Å². The zero-order chi connectivity index (χ0) is 14.4. The van der Waals surface area contributed by atoms with Crippen molar-refractivity contribution in [2.24, 2.45) is 0 Å². The Kier molecular flexibility index (Phi) is 5.06. The molecule has 1 fully saturated rings. The van der Waals surface area contributed by atoms with E-state index in [9.17, 15) is 13.2 Å². The van der Waals surface area contributed by atoms with Gasteiger partial charge < -0.3 is 9.64 Å². The van der Waals surface area contributed by atoms with Gasteiger partial charge in [-0.05, 0) is 18.4 Å². The maximum Gasteiger partial charge on any atom is 0.430 e. The SMILES string of the molecule is FC(F)(F)/C(=C\CCc1ccccc1)N1CCOCC1. The standard InChI is InChI=1S/C15H18F3NO/c16-15(17,18)14(19-9-11-20-12-10-19)8-4-7-13-5-2-1-3-6-13/h1-3,5-6,8H,4,7,9-12H2/b14-8+. The van der Waals surface area contributed by atoms with Crippen molar-refractivity contribution >= 4 is 0 Å². The van der Waals surface area contributed by atoms with Gasteiger partial charge in [0.1, 0.15) is 5.70 Å². The molecule has 0 unspecified atom stereocenters. The second kappa shape index (κ2) is 6.79. The van der Waals surface area contributed by atoms with Crippen molar-refractivity contribution in [3.8, 4) is 0 Å². The fourth-order valence-corrected chi connectivity index (χ4v) is 2.25. The number of hydrogen-bond donors (Lipinski definition) is 0. The molecule has 1 aromatic carbocycles. The minimum atomic E-state index is -4.30. The summed E-state index contributed by atoms with van der Waals surface area (Å²) in [7, 11) is 0. The van der Waals surface area contributed by atoms with Crippen LogP contribution in [0.3, 0.4) is 0 Å². The number of nitrogens with zero attached hydrogens (tertiary/aromatic N) is 1. The number of alkyl halides is 3. The van der Waals surface area contributed by atoms with Crippen molar-refractivity contribution in [1.82, 2.24) is 4.90 Å². The van der Waals surface area contributed by atoms with Gasteiger partial charge in [-0.2, -0.15) is 13.2 Å². The van der Waals surface area contributed by atoms with Gasteiger partial charge in [-0.1, -0.05) is 36.4 Å². The number of rotatable bonds is 4. The Bertz CT molecular complexity index is 436. The summed E-state index contributed by atoms with van der Waals surface area (Å²) in [6, 6.07) is 9.54. The molecule has 0 aromatic heterocycles. The van der Waals surface area contributed by atoms with Crippen LogP contribution in [0.2, 0.25) is 0 Å². The maximum absolute atomic E-state index is 13.1. The van der Waals surface area contributed by atoms with Crippen LogP contribution in [0.25, 0.3) is 0 Å². The van der Waals surface area contributed by atoms with Gasteiger partial charge in [-0.25, -0.2) is 0 Å². The van der Waals surface area contributed by atoms with Crippen LogP contribution in [0, 0.1) is 0 Å². The molecule has 0 saturated carbocycles. The molecule has 2 nitrogen and oxygen atoms in total. The van der Waals surface area contributed by atoms with E-state index in [4.69, 9.17) is 4.74 Å². The lowest BCUT2D eigenvalue weighted by molar-refractivity contribution is -0.118. The van der Waals surface area contributed by atoms with E-state index in [-0.39, 0.29) is 0 Å². The summed E-state index contributed by atoms with van der Waals surface area (Å²) >= 11 is 0. The summed E-state index contributed by atoms with van der Waals surface area (Å²) < 4.78 is 44.3. The fraction of sp³-hybridized carbons (Fsp3) is 0.467. The lowest BCUT2D eigenvalue weighted by Gasteiger charge is -2.32. The van der Waals surface area contributed by atoms with E-state index in [0.717, 1.165) is 5.56 Å². The van der Waals surface area contributed by atoms with Gasteiger partial charge in [-0.3, -0.25) is 0 Å². The van der Waals surface area contributed by atoms with Crippen LogP contribution in [0.5, 0.6) is 0 Å².